The number of aryl methyl sites for hydroxylation is 1. The zero-order valence-corrected chi connectivity index (χ0v) is 20.0. The normalized spacial score (nSPS) is 11.0. The summed E-state index contributed by atoms with van der Waals surface area (Å²) >= 11 is 3.01. The van der Waals surface area contributed by atoms with Gasteiger partial charge in [0.1, 0.15) is 27.2 Å². The summed E-state index contributed by atoms with van der Waals surface area (Å²) in [5.74, 6) is 1.19. The third kappa shape index (κ3) is 4.20. The van der Waals surface area contributed by atoms with Crippen LogP contribution in [0.25, 0.3) is 32.4 Å². The molecule has 7 nitrogen and oxygen atoms in total. The van der Waals surface area contributed by atoms with Gasteiger partial charge in [0.15, 0.2) is 5.13 Å². The van der Waals surface area contributed by atoms with Gasteiger partial charge in [-0.1, -0.05) is 46.8 Å². The van der Waals surface area contributed by atoms with Crippen LogP contribution in [0.2, 0.25) is 0 Å². The summed E-state index contributed by atoms with van der Waals surface area (Å²) in [6.45, 7) is 1.90. The lowest BCUT2D eigenvalue weighted by molar-refractivity contribution is 0.400. The maximum atomic E-state index is 6.26. The molecule has 9 heteroatoms. The molecule has 3 aromatic heterocycles. The highest BCUT2D eigenvalue weighted by Crippen LogP contribution is 2.41. The predicted molar refractivity (Wildman–Crippen MR) is 137 cm³/mol. The highest BCUT2D eigenvalue weighted by molar-refractivity contribution is 7.23. The third-order valence-corrected chi connectivity index (χ3v) is 7.14. The van der Waals surface area contributed by atoms with Crippen LogP contribution in [0.3, 0.4) is 0 Å². The number of nitrogens with zero attached hydrogens (tertiary/aromatic N) is 4. The van der Waals surface area contributed by atoms with E-state index in [2.05, 4.69) is 32.5 Å². The van der Waals surface area contributed by atoms with E-state index in [1.165, 1.54) is 22.7 Å². The van der Waals surface area contributed by atoms with Crippen LogP contribution in [0.4, 0.5) is 22.3 Å². The molecule has 3 N–H and O–H groups in total. The Morgan fingerprint density at radius 1 is 1.00 bits per heavy atom. The van der Waals surface area contributed by atoms with Crippen molar-refractivity contribution in [2.45, 2.75) is 6.92 Å². The van der Waals surface area contributed by atoms with E-state index in [9.17, 15) is 0 Å². The summed E-state index contributed by atoms with van der Waals surface area (Å²) in [5, 5.41) is 11.2. The number of benzene rings is 2. The largest absolute Gasteiger partial charge is 0.382 e. The molecule has 0 spiro atoms. The fraction of sp³-hybridized carbons (Fsp3) is 0.125. The van der Waals surface area contributed by atoms with E-state index < -0.39 is 0 Å². The summed E-state index contributed by atoms with van der Waals surface area (Å²) in [6, 6.07) is 18.1. The van der Waals surface area contributed by atoms with Crippen molar-refractivity contribution in [3.05, 3.63) is 65.7 Å². The van der Waals surface area contributed by atoms with Crippen molar-refractivity contribution in [1.82, 2.24) is 15.1 Å². The fourth-order valence-electron chi connectivity index (χ4n) is 3.46. The Bertz CT molecular complexity index is 1390. The first-order chi connectivity index (χ1) is 16.0. The van der Waals surface area contributed by atoms with Crippen LogP contribution in [-0.4, -0.2) is 29.2 Å². The van der Waals surface area contributed by atoms with Crippen molar-refractivity contribution in [3.63, 3.8) is 0 Å². The average molecular weight is 475 g/mol. The molecule has 5 aromatic rings. The van der Waals surface area contributed by atoms with Gasteiger partial charge in [-0.25, -0.2) is 9.97 Å². The Labute approximate surface area is 199 Å². The quantitative estimate of drug-likeness (QED) is 0.299. The van der Waals surface area contributed by atoms with Gasteiger partial charge in [-0.05, 0) is 31.2 Å². The minimum atomic E-state index is 0.457. The fourth-order valence-corrected chi connectivity index (χ4v) is 5.28. The van der Waals surface area contributed by atoms with Gasteiger partial charge in [-0.2, -0.15) is 0 Å². The highest BCUT2D eigenvalue weighted by atomic mass is 32.1. The lowest BCUT2D eigenvalue weighted by atomic mass is 10.0. The molecule has 3 heterocycles. The Morgan fingerprint density at radius 3 is 2.48 bits per heavy atom. The van der Waals surface area contributed by atoms with Gasteiger partial charge < -0.3 is 20.5 Å². The standard InChI is InChI=1S/C24H22N6OS2/c1-14-19(20(29-31-14)15-7-5-4-6-8-15)18-13-32-23(27-18)21-22(25)28-24(33-21)26-16-9-11-17(12-10-16)30(2)3/h4-13H,25H2,1-3H3,(H,26,28). The van der Waals surface area contributed by atoms with Crippen molar-refractivity contribution in [2.24, 2.45) is 0 Å². The second-order valence-electron chi connectivity index (χ2n) is 7.67. The molecule has 2 aromatic carbocycles. The molecule has 0 aliphatic carbocycles. The van der Waals surface area contributed by atoms with Gasteiger partial charge in [0.25, 0.3) is 0 Å². The first-order valence-corrected chi connectivity index (χ1v) is 12.0. The molecule has 0 unspecified atom stereocenters. The predicted octanol–water partition coefficient (Wildman–Crippen LogP) is 6.29. The second-order valence-corrected chi connectivity index (χ2v) is 9.52. The van der Waals surface area contributed by atoms with E-state index in [-0.39, 0.29) is 0 Å². The minimum Gasteiger partial charge on any atom is -0.382 e. The van der Waals surface area contributed by atoms with E-state index in [1.807, 2.05) is 68.9 Å². The van der Waals surface area contributed by atoms with Crippen molar-refractivity contribution < 1.29 is 4.52 Å². The van der Waals surface area contributed by atoms with Crippen molar-refractivity contribution in [3.8, 4) is 32.4 Å². The lowest BCUT2D eigenvalue weighted by Gasteiger charge is -2.12. The van der Waals surface area contributed by atoms with Crippen LogP contribution < -0.4 is 16.0 Å². The number of nitrogens with two attached hydrogens (primary N) is 1. The topological polar surface area (TPSA) is 93.1 Å². The second kappa shape index (κ2) is 8.68. The summed E-state index contributed by atoms with van der Waals surface area (Å²) in [4.78, 5) is 12.3. The molecule has 0 saturated carbocycles. The SMILES string of the molecule is Cc1onc(-c2ccccc2)c1-c1csc(-c2sc(Nc3ccc(N(C)C)cc3)nc2N)n1. The Kier molecular flexibility index (Phi) is 5.57. The zero-order valence-electron chi connectivity index (χ0n) is 18.4. The van der Waals surface area contributed by atoms with E-state index >= 15 is 0 Å². The van der Waals surface area contributed by atoms with Crippen molar-refractivity contribution in [1.29, 1.82) is 0 Å². The summed E-state index contributed by atoms with van der Waals surface area (Å²) in [5.41, 5.74) is 11.8. The molecule has 0 bridgehead atoms. The number of aromatic nitrogens is 3. The number of anilines is 4. The Balaban J connectivity index is 1.42. The molecular weight excluding hydrogens is 452 g/mol. The number of thiazole rings is 2. The van der Waals surface area contributed by atoms with Crippen molar-refractivity contribution >= 4 is 45.0 Å². The molecular formula is C24H22N6OS2. The van der Waals surface area contributed by atoms with E-state index in [0.717, 1.165) is 54.7 Å². The first-order valence-electron chi connectivity index (χ1n) is 10.3. The molecule has 0 atom stereocenters. The Morgan fingerprint density at radius 2 is 1.76 bits per heavy atom. The zero-order chi connectivity index (χ0) is 22.9. The van der Waals surface area contributed by atoms with Crippen LogP contribution in [0.15, 0.2) is 64.5 Å². The number of nitrogen functional groups attached to an aromatic ring is 1. The summed E-state index contributed by atoms with van der Waals surface area (Å²) in [7, 11) is 4.03. The Hall–Kier alpha value is -3.69. The minimum absolute atomic E-state index is 0.457. The van der Waals surface area contributed by atoms with Gasteiger partial charge in [-0.3, -0.25) is 0 Å². The molecule has 0 saturated heterocycles. The van der Waals surface area contributed by atoms with Crippen LogP contribution >= 0.6 is 22.7 Å². The highest BCUT2D eigenvalue weighted by Gasteiger charge is 2.21. The molecule has 33 heavy (non-hydrogen) atoms. The molecule has 0 fully saturated rings. The van der Waals surface area contributed by atoms with Gasteiger partial charge in [0.2, 0.25) is 0 Å². The molecule has 166 valence electrons. The maximum Gasteiger partial charge on any atom is 0.189 e. The lowest BCUT2D eigenvalue weighted by Crippen LogP contribution is -2.08. The summed E-state index contributed by atoms with van der Waals surface area (Å²) in [6.07, 6.45) is 0. The molecule has 0 amide bonds. The smallest absolute Gasteiger partial charge is 0.189 e. The van der Waals surface area contributed by atoms with Crippen LogP contribution in [0, 0.1) is 6.92 Å². The number of rotatable bonds is 6. The van der Waals surface area contributed by atoms with Crippen LogP contribution in [-0.2, 0) is 0 Å². The van der Waals surface area contributed by atoms with E-state index in [1.54, 1.807) is 0 Å². The van der Waals surface area contributed by atoms with Crippen LogP contribution in [0.5, 0.6) is 0 Å². The number of hydrogen-bond donors (Lipinski definition) is 2. The van der Waals surface area contributed by atoms with Gasteiger partial charge in [0, 0.05) is 36.4 Å². The van der Waals surface area contributed by atoms with Gasteiger partial charge in [0.05, 0.1) is 11.3 Å². The molecule has 0 aliphatic rings. The summed E-state index contributed by atoms with van der Waals surface area (Å²) < 4.78 is 5.50. The third-order valence-electron chi connectivity index (χ3n) is 5.15. The maximum absolute atomic E-state index is 6.26. The van der Waals surface area contributed by atoms with Crippen molar-refractivity contribution in [2.75, 3.05) is 30.0 Å². The average Bonchev–Trinajstić information content (AvgIpc) is 3.53. The van der Waals surface area contributed by atoms with Gasteiger partial charge in [-0.15, -0.1) is 11.3 Å². The van der Waals surface area contributed by atoms with E-state index in [0.29, 0.717) is 5.82 Å². The van der Waals surface area contributed by atoms with E-state index in [4.69, 9.17) is 15.2 Å². The molecule has 0 aliphatic heterocycles. The number of hydrogen-bond acceptors (Lipinski definition) is 9. The monoisotopic (exact) mass is 474 g/mol. The molecule has 0 radical (unpaired) electrons. The number of nitrogens with one attached hydrogen (secondary N) is 1. The van der Waals surface area contributed by atoms with Crippen LogP contribution in [0.1, 0.15) is 5.76 Å². The first kappa shape index (κ1) is 21.2. The van der Waals surface area contributed by atoms with Gasteiger partial charge >= 0.3 is 0 Å². The molecule has 5 rings (SSSR count).